The van der Waals surface area contributed by atoms with Crippen LogP contribution in [0.5, 0.6) is 0 Å². The third kappa shape index (κ3) is 3.62. The molecule has 0 aliphatic carbocycles. The van der Waals surface area contributed by atoms with Crippen LogP contribution in [-0.2, 0) is 10.0 Å². The molecule has 9 heteroatoms. The predicted octanol–water partition coefficient (Wildman–Crippen LogP) is 4.30. The van der Waals surface area contributed by atoms with Gasteiger partial charge < -0.3 is 4.90 Å². The van der Waals surface area contributed by atoms with Crippen LogP contribution in [0.15, 0.2) is 65.6 Å². The van der Waals surface area contributed by atoms with E-state index in [0.29, 0.717) is 18.8 Å². The molecule has 3 aromatic rings. The molecule has 1 fully saturated rings. The topological polar surface area (TPSA) is 83.8 Å². The second kappa shape index (κ2) is 7.86. The van der Waals surface area contributed by atoms with Gasteiger partial charge in [0.1, 0.15) is 5.69 Å². The van der Waals surface area contributed by atoms with Crippen molar-refractivity contribution in [3.63, 3.8) is 0 Å². The fourth-order valence-electron chi connectivity index (χ4n) is 3.93. The molecule has 1 atom stereocenters. The maximum Gasteiger partial charge on any atom is 0.294 e. The van der Waals surface area contributed by atoms with Crippen LogP contribution < -0.4 is 4.90 Å². The van der Waals surface area contributed by atoms with Gasteiger partial charge in [-0.05, 0) is 35.9 Å². The minimum absolute atomic E-state index is 0.0828. The standard InChI is InChI=1S/C21H20ClN3O4S/c1-15-14-23(21-19(22)7-4-8-20(21)25(26)27)11-12-24(15)30(28,29)18-10-9-16-5-2-3-6-17(16)13-18/h2-10,13,15H,11-12,14H2,1H3/t15-/m1/s1. The van der Waals surface area contributed by atoms with Crippen molar-refractivity contribution in [3.05, 3.63) is 75.8 Å². The van der Waals surface area contributed by atoms with Crippen LogP contribution in [0, 0.1) is 10.1 Å². The number of halogens is 1. The zero-order valence-corrected chi connectivity index (χ0v) is 17.8. The van der Waals surface area contributed by atoms with Crippen LogP contribution in [0.4, 0.5) is 11.4 Å². The third-order valence-electron chi connectivity index (χ3n) is 5.37. The quantitative estimate of drug-likeness (QED) is 0.441. The summed E-state index contributed by atoms with van der Waals surface area (Å²) >= 11 is 6.25. The third-order valence-corrected chi connectivity index (χ3v) is 7.69. The number of piperazine rings is 1. The fourth-order valence-corrected chi connectivity index (χ4v) is 5.87. The largest absolute Gasteiger partial charge is 0.362 e. The Morgan fingerprint density at radius 1 is 1.03 bits per heavy atom. The first-order chi connectivity index (χ1) is 14.3. The van der Waals surface area contributed by atoms with Gasteiger partial charge >= 0.3 is 0 Å². The summed E-state index contributed by atoms with van der Waals surface area (Å²) in [4.78, 5) is 13.0. The summed E-state index contributed by atoms with van der Waals surface area (Å²) in [5.41, 5.74) is 0.249. The van der Waals surface area contributed by atoms with Crippen LogP contribution in [0.3, 0.4) is 0 Å². The first-order valence-electron chi connectivity index (χ1n) is 9.47. The number of para-hydroxylation sites is 1. The highest BCUT2D eigenvalue weighted by atomic mass is 35.5. The average Bonchev–Trinajstić information content (AvgIpc) is 2.72. The summed E-state index contributed by atoms with van der Waals surface area (Å²) in [7, 11) is -3.71. The molecule has 0 N–H and O–H groups in total. The van der Waals surface area contributed by atoms with Gasteiger partial charge in [0.2, 0.25) is 10.0 Å². The van der Waals surface area contributed by atoms with Crippen molar-refractivity contribution in [2.45, 2.75) is 17.9 Å². The molecule has 1 aliphatic heterocycles. The highest BCUT2D eigenvalue weighted by molar-refractivity contribution is 7.89. The van der Waals surface area contributed by atoms with Gasteiger partial charge in [-0.25, -0.2) is 8.42 Å². The van der Waals surface area contributed by atoms with Crippen LogP contribution in [0.1, 0.15) is 6.92 Å². The first kappa shape index (κ1) is 20.6. The monoisotopic (exact) mass is 445 g/mol. The summed E-state index contributed by atoms with van der Waals surface area (Å²) < 4.78 is 28.1. The van der Waals surface area contributed by atoms with E-state index in [1.54, 1.807) is 36.1 Å². The molecule has 4 rings (SSSR count). The van der Waals surface area contributed by atoms with Gasteiger partial charge in [0, 0.05) is 31.7 Å². The van der Waals surface area contributed by atoms with Crippen molar-refractivity contribution in [1.29, 1.82) is 0 Å². The van der Waals surface area contributed by atoms with E-state index < -0.39 is 14.9 Å². The smallest absolute Gasteiger partial charge is 0.294 e. The van der Waals surface area contributed by atoms with Gasteiger partial charge in [0.15, 0.2) is 0 Å². The number of nitrogens with zero attached hydrogens (tertiary/aromatic N) is 3. The molecule has 0 radical (unpaired) electrons. The lowest BCUT2D eigenvalue weighted by atomic mass is 10.1. The summed E-state index contributed by atoms with van der Waals surface area (Å²) in [6.45, 7) is 2.62. The Morgan fingerprint density at radius 3 is 2.47 bits per heavy atom. The number of nitro benzene ring substituents is 1. The molecular formula is C21H20ClN3O4S. The number of hydrogen-bond donors (Lipinski definition) is 0. The number of anilines is 1. The van der Waals surface area contributed by atoms with Gasteiger partial charge in [-0.15, -0.1) is 0 Å². The molecule has 0 spiro atoms. The van der Waals surface area contributed by atoms with Crippen molar-refractivity contribution in [2.75, 3.05) is 24.5 Å². The Labute approximate surface area is 179 Å². The molecule has 30 heavy (non-hydrogen) atoms. The lowest BCUT2D eigenvalue weighted by molar-refractivity contribution is -0.384. The highest BCUT2D eigenvalue weighted by Gasteiger charge is 2.36. The summed E-state index contributed by atoms with van der Waals surface area (Å²) in [5, 5.41) is 13.5. The van der Waals surface area contributed by atoms with Gasteiger partial charge in [-0.3, -0.25) is 10.1 Å². The van der Waals surface area contributed by atoms with Gasteiger partial charge in [-0.2, -0.15) is 4.31 Å². The fraction of sp³-hybridized carbons (Fsp3) is 0.238. The Morgan fingerprint density at radius 2 is 1.77 bits per heavy atom. The summed E-state index contributed by atoms with van der Waals surface area (Å²) in [6, 6.07) is 16.9. The van der Waals surface area contributed by atoms with Crippen molar-refractivity contribution in [1.82, 2.24) is 4.31 Å². The Bertz CT molecular complexity index is 1230. The van der Waals surface area contributed by atoms with E-state index in [1.807, 2.05) is 24.3 Å². The van der Waals surface area contributed by atoms with Crippen molar-refractivity contribution in [3.8, 4) is 0 Å². The molecular weight excluding hydrogens is 426 g/mol. The van der Waals surface area contributed by atoms with E-state index in [0.717, 1.165) is 10.8 Å². The molecule has 3 aromatic carbocycles. The Kier molecular flexibility index (Phi) is 5.40. The van der Waals surface area contributed by atoms with Crippen LogP contribution in [-0.4, -0.2) is 43.3 Å². The van der Waals surface area contributed by atoms with Gasteiger partial charge in [0.25, 0.3) is 5.69 Å². The van der Waals surface area contributed by atoms with Crippen LogP contribution in [0.2, 0.25) is 5.02 Å². The molecule has 1 heterocycles. The number of nitro groups is 1. The van der Waals surface area contributed by atoms with E-state index in [2.05, 4.69) is 0 Å². The van der Waals surface area contributed by atoms with Crippen LogP contribution in [0.25, 0.3) is 10.8 Å². The Hall–Kier alpha value is -2.68. The minimum Gasteiger partial charge on any atom is -0.362 e. The van der Waals surface area contributed by atoms with E-state index in [9.17, 15) is 18.5 Å². The average molecular weight is 446 g/mol. The lowest BCUT2D eigenvalue weighted by Gasteiger charge is -2.40. The van der Waals surface area contributed by atoms with E-state index in [4.69, 9.17) is 11.6 Å². The minimum atomic E-state index is -3.71. The molecule has 7 nitrogen and oxygen atoms in total. The predicted molar refractivity (Wildman–Crippen MR) is 118 cm³/mol. The van der Waals surface area contributed by atoms with Crippen molar-refractivity contribution < 1.29 is 13.3 Å². The SMILES string of the molecule is C[C@@H]1CN(c2c(Cl)cccc2[N+](=O)[O-])CCN1S(=O)(=O)c1ccc2ccccc2c1. The zero-order chi connectivity index (χ0) is 21.5. The second-order valence-electron chi connectivity index (χ2n) is 7.28. The van der Waals surface area contributed by atoms with E-state index in [-0.39, 0.29) is 28.2 Å². The summed E-state index contributed by atoms with van der Waals surface area (Å²) in [5.74, 6) is 0. The van der Waals surface area contributed by atoms with Crippen molar-refractivity contribution >= 4 is 43.8 Å². The summed E-state index contributed by atoms with van der Waals surface area (Å²) in [6.07, 6.45) is 0. The lowest BCUT2D eigenvalue weighted by Crippen LogP contribution is -2.54. The number of benzene rings is 3. The first-order valence-corrected chi connectivity index (χ1v) is 11.3. The van der Waals surface area contributed by atoms with E-state index in [1.165, 1.54) is 16.4 Å². The molecule has 1 aliphatic rings. The zero-order valence-electron chi connectivity index (χ0n) is 16.2. The molecule has 0 bridgehead atoms. The molecule has 1 saturated heterocycles. The number of sulfonamides is 1. The van der Waals surface area contributed by atoms with Gasteiger partial charge in [0.05, 0.1) is 14.8 Å². The van der Waals surface area contributed by atoms with Crippen molar-refractivity contribution in [2.24, 2.45) is 0 Å². The Balaban J connectivity index is 1.62. The number of fused-ring (bicyclic) bond motifs is 1. The molecule has 156 valence electrons. The molecule has 0 aromatic heterocycles. The van der Waals surface area contributed by atoms with E-state index >= 15 is 0 Å². The molecule has 0 unspecified atom stereocenters. The second-order valence-corrected chi connectivity index (χ2v) is 9.58. The number of hydrogen-bond acceptors (Lipinski definition) is 5. The highest BCUT2D eigenvalue weighted by Crippen LogP contribution is 2.37. The normalized spacial score (nSPS) is 17.9. The van der Waals surface area contributed by atoms with Crippen LogP contribution >= 0.6 is 11.6 Å². The maximum absolute atomic E-state index is 13.3. The maximum atomic E-state index is 13.3. The van der Waals surface area contributed by atoms with Gasteiger partial charge in [-0.1, -0.05) is 48.0 Å². The molecule has 0 saturated carbocycles. The number of rotatable bonds is 4. The molecule has 0 amide bonds.